The smallest absolute Gasteiger partial charge is 0.258 e. The summed E-state index contributed by atoms with van der Waals surface area (Å²) in [5, 5.41) is 2.93. The predicted molar refractivity (Wildman–Crippen MR) is 81.9 cm³/mol. The first-order valence-electron chi connectivity index (χ1n) is 7.16. The van der Waals surface area contributed by atoms with Crippen molar-refractivity contribution in [2.45, 2.75) is 40.2 Å². The number of hydrogen-bond donors (Lipinski definition) is 2. The summed E-state index contributed by atoms with van der Waals surface area (Å²) in [5.74, 6) is 1.10. The average Bonchev–Trinajstić information content (AvgIpc) is 2.38. The van der Waals surface area contributed by atoms with Crippen molar-refractivity contribution in [1.82, 2.24) is 5.32 Å². The van der Waals surface area contributed by atoms with Gasteiger partial charge in [-0.3, -0.25) is 4.79 Å². The second-order valence-corrected chi connectivity index (χ2v) is 5.49. The molecular weight excluding hydrogens is 252 g/mol. The number of nitrogens with two attached hydrogens (primary N) is 1. The van der Waals surface area contributed by atoms with Crippen LogP contribution in [0, 0.1) is 12.8 Å². The number of carbonyl (C=O) groups excluding carboxylic acids is 1. The summed E-state index contributed by atoms with van der Waals surface area (Å²) in [6, 6.07) is 6.09. The number of carbonyl (C=O) groups is 1. The quantitative estimate of drug-likeness (QED) is 0.802. The van der Waals surface area contributed by atoms with E-state index in [0.717, 1.165) is 23.3 Å². The fraction of sp³-hybridized carbons (Fsp3) is 0.562. The topological polar surface area (TPSA) is 64.3 Å². The van der Waals surface area contributed by atoms with Crippen LogP contribution in [0.3, 0.4) is 0 Å². The maximum Gasteiger partial charge on any atom is 0.258 e. The highest BCUT2D eigenvalue weighted by molar-refractivity contribution is 5.77. The molecule has 20 heavy (non-hydrogen) atoms. The molecule has 1 aromatic carbocycles. The molecule has 0 bridgehead atoms. The predicted octanol–water partition coefficient (Wildman–Crippen LogP) is 2.04. The fourth-order valence-corrected chi connectivity index (χ4v) is 1.87. The molecule has 0 heterocycles. The van der Waals surface area contributed by atoms with E-state index in [1.54, 1.807) is 0 Å². The Bertz CT molecular complexity index is 444. The molecule has 0 aliphatic rings. The lowest BCUT2D eigenvalue weighted by atomic mass is 10.1. The number of nitrogens with one attached hydrogen (secondary N) is 1. The van der Waals surface area contributed by atoms with Crippen molar-refractivity contribution >= 4 is 5.91 Å². The highest BCUT2D eigenvalue weighted by atomic mass is 16.5. The Morgan fingerprint density at radius 2 is 2.05 bits per heavy atom. The second-order valence-electron chi connectivity index (χ2n) is 5.49. The molecule has 0 spiro atoms. The number of rotatable bonds is 7. The van der Waals surface area contributed by atoms with Gasteiger partial charge in [0.1, 0.15) is 5.75 Å². The van der Waals surface area contributed by atoms with E-state index < -0.39 is 0 Å². The zero-order chi connectivity index (χ0) is 15.1. The monoisotopic (exact) mass is 278 g/mol. The van der Waals surface area contributed by atoms with Crippen molar-refractivity contribution in [2.24, 2.45) is 11.7 Å². The molecule has 0 saturated heterocycles. The molecular formula is C16H26N2O2. The van der Waals surface area contributed by atoms with Gasteiger partial charge in [0.05, 0.1) is 0 Å². The molecule has 0 aromatic heterocycles. The number of para-hydroxylation sites is 1. The van der Waals surface area contributed by atoms with Gasteiger partial charge in [0.2, 0.25) is 0 Å². The van der Waals surface area contributed by atoms with E-state index in [2.05, 4.69) is 19.2 Å². The molecule has 1 rings (SSSR count). The lowest BCUT2D eigenvalue weighted by molar-refractivity contribution is -0.124. The van der Waals surface area contributed by atoms with Crippen molar-refractivity contribution < 1.29 is 9.53 Å². The van der Waals surface area contributed by atoms with Gasteiger partial charge in [-0.1, -0.05) is 32.0 Å². The van der Waals surface area contributed by atoms with Crippen LogP contribution in [0.25, 0.3) is 0 Å². The molecule has 0 aliphatic carbocycles. The maximum atomic E-state index is 11.9. The van der Waals surface area contributed by atoms with Gasteiger partial charge in [-0.2, -0.15) is 0 Å². The van der Waals surface area contributed by atoms with Gasteiger partial charge in [0, 0.05) is 6.04 Å². The van der Waals surface area contributed by atoms with E-state index in [1.807, 2.05) is 32.0 Å². The minimum Gasteiger partial charge on any atom is -0.483 e. The molecule has 0 saturated carbocycles. The molecule has 1 unspecified atom stereocenters. The van der Waals surface area contributed by atoms with Crippen LogP contribution < -0.4 is 15.8 Å². The summed E-state index contributed by atoms with van der Waals surface area (Å²) in [6.07, 6.45) is 0.751. The number of amides is 1. The number of ether oxygens (including phenoxy) is 1. The Morgan fingerprint density at radius 1 is 1.35 bits per heavy atom. The van der Waals surface area contributed by atoms with E-state index in [0.29, 0.717) is 12.5 Å². The fourth-order valence-electron chi connectivity index (χ4n) is 1.87. The molecule has 4 nitrogen and oxygen atoms in total. The highest BCUT2D eigenvalue weighted by Gasteiger charge is 2.13. The third kappa shape index (κ3) is 4.85. The Morgan fingerprint density at radius 3 is 2.65 bits per heavy atom. The van der Waals surface area contributed by atoms with Gasteiger partial charge < -0.3 is 15.8 Å². The van der Waals surface area contributed by atoms with Crippen LogP contribution in [0.5, 0.6) is 5.75 Å². The van der Waals surface area contributed by atoms with Gasteiger partial charge in [-0.05, 0) is 43.9 Å². The zero-order valence-electron chi connectivity index (χ0n) is 12.9. The van der Waals surface area contributed by atoms with Crippen LogP contribution in [0.4, 0.5) is 0 Å². The minimum atomic E-state index is -0.0897. The standard InChI is InChI=1S/C16H26N2O2/c1-11(2)13(4)18-15(19)10-20-16-12(3)6-5-7-14(16)8-9-17/h5-7,11,13H,8-10,17H2,1-4H3,(H,18,19). The van der Waals surface area contributed by atoms with Crippen LogP contribution in [0.1, 0.15) is 31.9 Å². The van der Waals surface area contributed by atoms with Crippen molar-refractivity contribution in [3.05, 3.63) is 29.3 Å². The molecule has 1 aromatic rings. The van der Waals surface area contributed by atoms with Crippen LogP contribution >= 0.6 is 0 Å². The molecule has 0 radical (unpaired) electrons. The second kappa shape index (κ2) is 7.90. The van der Waals surface area contributed by atoms with Gasteiger partial charge in [0.15, 0.2) is 6.61 Å². The molecule has 1 amide bonds. The minimum absolute atomic E-state index is 0.0412. The SMILES string of the molecule is Cc1cccc(CCN)c1OCC(=O)NC(C)C(C)C. The molecule has 4 heteroatoms. The molecule has 1 atom stereocenters. The van der Waals surface area contributed by atoms with Crippen LogP contribution in [-0.4, -0.2) is 25.1 Å². The van der Waals surface area contributed by atoms with E-state index in [1.165, 1.54) is 0 Å². The van der Waals surface area contributed by atoms with Crippen LogP contribution in [0.15, 0.2) is 18.2 Å². The molecule has 3 N–H and O–H groups in total. The summed E-state index contributed by atoms with van der Waals surface area (Å²) in [5.41, 5.74) is 7.68. The van der Waals surface area contributed by atoms with Crippen molar-refractivity contribution in [3.8, 4) is 5.75 Å². The molecule has 0 fully saturated rings. The molecule has 112 valence electrons. The average molecular weight is 278 g/mol. The van der Waals surface area contributed by atoms with Gasteiger partial charge in [-0.25, -0.2) is 0 Å². The van der Waals surface area contributed by atoms with Crippen LogP contribution in [-0.2, 0) is 11.2 Å². The Labute approximate surface area is 121 Å². The van der Waals surface area contributed by atoms with Gasteiger partial charge in [-0.15, -0.1) is 0 Å². The number of hydrogen-bond acceptors (Lipinski definition) is 3. The Hall–Kier alpha value is -1.55. The van der Waals surface area contributed by atoms with E-state index in [4.69, 9.17) is 10.5 Å². The first-order valence-corrected chi connectivity index (χ1v) is 7.16. The van der Waals surface area contributed by atoms with E-state index >= 15 is 0 Å². The zero-order valence-corrected chi connectivity index (χ0v) is 12.9. The number of benzene rings is 1. The normalized spacial score (nSPS) is 12.3. The van der Waals surface area contributed by atoms with E-state index in [9.17, 15) is 4.79 Å². The third-order valence-electron chi connectivity index (χ3n) is 3.44. The number of aryl methyl sites for hydroxylation is 1. The lowest BCUT2D eigenvalue weighted by Crippen LogP contribution is -2.39. The van der Waals surface area contributed by atoms with Crippen molar-refractivity contribution in [3.63, 3.8) is 0 Å². The largest absolute Gasteiger partial charge is 0.483 e. The summed E-state index contributed by atoms with van der Waals surface area (Å²) < 4.78 is 5.70. The third-order valence-corrected chi connectivity index (χ3v) is 3.44. The summed E-state index contributed by atoms with van der Waals surface area (Å²) in [4.78, 5) is 11.9. The van der Waals surface area contributed by atoms with Gasteiger partial charge in [0.25, 0.3) is 5.91 Å². The van der Waals surface area contributed by atoms with Gasteiger partial charge >= 0.3 is 0 Å². The summed E-state index contributed by atoms with van der Waals surface area (Å²) in [6.45, 7) is 8.73. The highest BCUT2D eigenvalue weighted by Crippen LogP contribution is 2.23. The maximum absolute atomic E-state index is 11.9. The summed E-state index contributed by atoms with van der Waals surface area (Å²) in [7, 11) is 0. The Kier molecular flexibility index (Phi) is 6.52. The Balaban J connectivity index is 2.63. The van der Waals surface area contributed by atoms with Crippen LogP contribution in [0.2, 0.25) is 0 Å². The molecule has 0 aliphatic heterocycles. The van der Waals surface area contributed by atoms with Crippen molar-refractivity contribution in [1.29, 1.82) is 0 Å². The lowest BCUT2D eigenvalue weighted by Gasteiger charge is -2.18. The first kappa shape index (κ1) is 16.5. The van der Waals surface area contributed by atoms with E-state index in [-0.39, 0.29) is 18.6 Å². The first-order chi connectivity index (χ1) is 9.45. The summed E-state index contributed by atoms with van der Waals surface area (Å²) >= 11 is 0. The van der Waals surface area contributed by atoms with Crippen molar-refractivity contribution in [2.75, 3.05) is 13.2 Å².